The highest BCUT2D eigenvalue weighted by molar-refractivity contribution is 7.89. The van der Waals surface area contributed by atoms with Gasteiger partial charge in [0.25, 0.3) is 5.56 Å². The molecule has 1 aliphatic rings. The van der Waals surface area contributed by atoms with Crippen molar-refractivity contribution in [2.45, 2.75) is 18.4 Å². The number of morpholine rings is 1. The molecule has 0 spiro atoms. The van der Waals surface area contributed by atoms with Gasteiger partial charge in [0.15, 0.2) is 11.2 Å². The number of aryl methyl sites for hydroxylation is 3. The van der Waals surface area contributed by atoms with Crippen LogP contribution in [0.2, 0.25) is 0 Å². The molecule has 176 valence electrons. The first kappa shape index (κ1) is 22.9. The number of anilines is 1. The zero-order valence-corrected chi connectivity index (χ0v) is 19.3. The van der Waals surface area contributed by atoms with Crippen LogP contribution in [-0.4, -0.2) is 63.6 Å². The van der Waals surface area contributed by atoms with Gasteiger partial charge >= 0.3 is 5.69 Å². The van der Waals surface area contributed by atoms with Crippen LogP contribution in [0.25, 0.3) is 11.2 Å². The Labute approximate surface area is 189 Å². The number of aromatic nitrogens is 4. The van der Waals surface area contributed by atoms with Crippen LogP contribution in [0.1, 0.15) is 5.56 Å². The van der Waals surface area contributed by atoms with Crippen molar-refractivity contribution < 1.29 is 17.9 Å². The molecular weight excluding hydrogens is 452 g/mol. The predicted molar refractivity (Wildman–Crippen MR) is 120 cm³/mol. The van der Waals surface area contributed by atoms with E-state index in [1.54, 1.807) is 20.0 Å². The zero-order chi connectivity index (χ0) is 23.9. The van der Waals surface area contributed by atoms with E-state index in [1.807, 2.05) is 0 Å². The summed E-state index contributed by atoms with van der Waals surface area (Å²) < 4.78 is 35.9. The van der Waals surface area contributed by atoms with E-state index in [1.165, 1.54) is 38.9 Å². The van der Waals surface area contributed by atoms with Crippen LogP contribution in [0, 0.1) is 6.92 Å². The van der Waals surface area contributed by atoms with E-state index < -0.39 is 33.7 Å². The summed E-state index contributed by atoms with van der Waals surface area (Å²) >= 11 is 0. The van der Waals surface area contributed by atoms with Crippen LogP contribution in [0.15, 0.2) is 39.0 Å². The molecular formula is C20H24N6O6S. The summed E-state index contributed by atoms with van der Waals surface area (Å²) in [5.41, 5.74) is 0.0125. The molecule has 1 N–H and O–H groups in total. The Balaban J connectivity index is 1.62. The van der Waals surface area contributed by atoms with Gasteiger partial charge in [-0.25, -0.2) is 22.8 Å². The highest BCUT2D eigenvalue weighted by Crippen LogP contribution is 2.23. The third-order valence-corrected chi connectivity index (χ3v) is 7.49. The second-order valence-corrected chi connectivity index (χ2v) is 9.74. The van der Waals surface area contributed by atoms with Gasteiger partial charge in [-0.2, -0.15) is 4.31 Å². The smallest absolute Gasteiger partial charge is 0.332 e. The fourth-order valence-electron chi connectivity index (χ4n) is 3.70. The second kappa shape index (κ2) is 8.57. The molecule has 2 aromatic heterocycles. The summed E-state index contributed by atoms with van der Waals surface area (Å²) in [6.07, 6.45) is 1.42. The van der Waals surface area contributed by atoms with Crippen molar-refractivity contribution in [2.24, 2.45) is 14.1 Å². The topological polar surface area (TPSA) is 138 Å². The molecule has 1 aromatic carbocycles. The molecule has 1 fully saturated rings. The fraction of sp³-hybridized carbons (Fsp3) is 0.400. The number of carbonyl (C=O) groups excluding carboxylic acids is 1. The number of hydrogen-bond acceptors (Lipinski definition) is 7. The van der Waals surface area contributed by atoms with E-state index in [-0.39, 0.29) is 34.8 Å². The van der Waals surface area contributed by atoms with E-state index in [4.69, 9.17) is 4.74 Å². The van der Waals surface area contributed by atoms with Gasteiger partial charge in [-0.1, -0.05) is 6.07 Å². The molecule has 12 nitrogen and oxygen atoms in total. The lowest BCUT2D eigenvalue weighted by Gasteiger charge is -2.26. The molecule has 1 aliphatic heterocycles. The maximum Gasteiger partial charge on any atom is 0.332 e. The lowest BCUT2D eigenvalue weighted by atomic mass is 10.2. The number of carbonyl (C=O) groups is 1. The quantitative estimate of drug-likeness (QED) is 0.519. The zero-order valence-electron chi connectivity index (χ0n) is 18.4. The molecule has 0 aliphatic carbocycles. The molecule has 4 rings (SSSR count). The molecule has 33 heavy (non-hydrogen) atoms. The van der Waals surface area contributed by atoms with Crippen LogP contribution in [0.4, 0.5) is 5.69 Å². The third-order valence-electron chi connectivity index (χ3n) is 5.59. The summed E-state index contributed by atoms with van der Waals surface area (Å²) in [5, 5.41) is 2.63. The maximum atomic E-state index is 12.9. The Morgan fingerprint density at radius 2 is 1.88 bits per heavy atom. The number of nitrogens with zero attached hydrogens (tertiary/aromatic N) is 5. The number of benzene rings is 1. The molecule has 1 saturated heterocycles. The van der Waals surface area contributed by atoms with Crippen molar-refractivity contribution in [3.8, 4) is 0 Å². The maximum absolute atomic E-state index is 12.9. The number of rotatable bonds is 5. The highest BCUT2D eigenvalue weighted by atomic mass is 32.2. The van der Waals surface area contributed by atoms with Crippen molar-refractivity contribution in [1.29, 1.82) is 0 Å². The Kier molecular flexibility index (Phi) is 5.95. The van der Waals surface area contributed by atoms with E-state index in [0.717, 1.165) is 4.57 Å². The predicted octanol–water partition coefficient (Wildman–Crippen LogP) is -0.598. The largest absolute Gasteiger partial charge is 0.379 e. The first-order chi connectivity index (χ1) is 15.6. The lowest BCUT2D eigenvalue weighted by Crippen LogP contribution is -2.42. The number of imidazole rings is 1. The van der Waals surface area contributed by atoms with Crippen LogP contribution in [0.5, 0.6) is 0 Å². The fourth-order valence-corrected chi connectivity index (χ4v) is 5.14. The van der Waals surface area contributed by atoms with Crippen molar-refractivity contribution in [1.82, 2.24) is 23.0 Å². The minimum absolute atomic E-state index is 0.0367. The summed E-state index contributed by atoms with van der Waals surface area (Å²) in [5.74, 6) is -0.639. The van der Waals surface area contributed by atoms with Crippen molar-refractivity contribution >= 4 is 32.8 Å². The third kappa shape index (κ3) is 4.10. The molecule has 3 heterocycles. The van der Waals surface area contributed by atoms with Crippen molar-refractivity contribution in [2.75, 3.05) is 31.6 Å². The van der Waals surface area contributed by atoms with Crippen LogP contribution in [-0.2, 0) is 40.2 Å². The molecule has 13 heteroatoms. The monoisotopic (exact) mass is 476 g/mol. The molecule has 0 unspecified atom stereocenters. The van der Waals surface area contributed by atoms with Gasteiger partial charge in [0, 0.05) is 32.9 Å². The summed E-state index contributed by atoms with van der Waals surface area (Å²) in [4.78, 5) is 42.3. The van der Waals surface area contributed by atoms with Crippen LogP contribution >= 0.6 is 0 Å². The number of sulfonamides is 1. The average molecular weight is 477 g/mol. The number of hydrogen-bond donors (Lipinski definition) is 1. The first-order valence-corrected chi connectivity index (χ1v) is 11.6. The van der Waals surface area contributed by atoms with Crippen LogP contribution < -0.4 is 16.6 Å². The van der Waals surface area contributed by atoms with E-state index in [9.17, 15) is 22.8 Å². The van der Waals surface area contributed by atoms with Gasteiger partial charge in [-0.05, 0) is 24.6 Å². The summed E-state index contributed by atoms with van der Waals surface area (Å²) in [6, 6.07) is 4.45. The van der Waals surface area contributed by atoms with E-state index in [0.29, 0.717) is 18.8 Å². The highest BCUT2D eigenvalue weighted by Gasteiger charge is 2.27. The Bertz CT molecular complexity index is 1460. The molecule has 0 saturated carbocycles. The summed E-state index contributed by atoms with van der Waals surface area (Å²) in [6.45, 7) is 2.32. The summed E-state index contributed by atoms with van der Waals surface area (Å²) in [7, 11) is -0.666. The Hall–Kier alpha value is -3.29. The molecule has 1 amide bonds. The molecule has 3 aromatic rings. The minimum Gasteiger partial charge on any atom is -0.379 e. The second-order valence-electron chi connectivity index (χ2n) is 7.80. The standard InChI is InChI=1S/C20H24N6O6S/c1-13-4-5-14(33(30,31)25-6-8-32-9-7-25)10-15(13)22-16(27)11-26-19(28)17-18(21-12-23(17)2)24(3)20(26)29/h4-5,10,12H,6-9,11H2,1-3H3,(H,22,27). The molecule has 0 bridgehead atoms. The van der Waals surface area contributed by atoms with Gasteiger partial charge < -0.3 is 14.6 Å². The SMILES string of the molecule is Cc1ccc(S(=O)(=O)N2CCOCC2)cc1NC(=O)Cn1c(=O)c2c(ncn2C)n(C)c1=O. The van der Waals surface area contributed by atoms with E-state index >= 15 is 0 Å². The lowest BCUT2D eigenvalue weighted by molar-refractivity contribution is -0.116. The van der Waals surface area contributed by atoms with Gasteiger partial charge in [0.1, 0.15) is 6.54 Å². The average Bonchev–Trinajstić information content (AvgIpc) is 3.19. The normalized spacial score (nSPS) is 15.1. The van der Waals surface area contributed by atoms with Gasteiger partial charge in [0.2, 0.25) is 15.9 Å². The van der Waals surface area contributed by atoms with Gasteiger partial charge in [-0.3, -0.25) is 14.2 Å². The molecule has 0 radical (unpaired) electrons. The van der Waals surface area contributed by atoms with E-state index in [2.05, 4.69) is 10.3 Å². The van der Waals surface area contributed by atoms with Crippen molar-refractivity contribution in [3.05, 3.63) is 50.9 Å². The Morgan fingerprint density at radius 3 is 2.58 bits per heavy atom. The van der Waals surface area contributed by atoms with Gasteiger partial charge in [0.05, 0.1) is 24.4 Å². The number of fused-ring (bicyclic) bond motifs is 1. The number of amides is 1. The molecule has 0 atom stereocenters. The minimum atomic E-state index is -3.75. The van der Waals surface area contributed by atoms with Crippen molar-refractivity contribution in [3.63, 3.8) is 0 Å². The first-order valence-electron chi connectivity index (χ1n) is 10.2. The number of ether oxygens (including phenoxy) is 1. The number of nitrogens with one attached hydrogen (secondary N) is 1. The van der Waals surface area contributed by atoms with Crippen LogP contribution in [0.3, 0.4) is 0 Å². The Morgan fingerprint density at radius 1 is 1.18 bits per heavy atom. The van der Waals surface area contributed by atoms with Gasteiger partial charge in [-0.15, -0.1) is 0 Å².